The molecule has 3 rings (SSSR count). The molecule has 3 nitrogen and oxygen atoms in total. The van der Waals surface area contributed by atoms with Gasteiger partial charge in [-0.1, -0.05) is 6.42 Å². The second-order valence-electron chi connectivity index (χ2n) is 6.18. The molecule has 2 aliphatic carbocycles. The summed E-state index contributed by atoms with van der Waals surface area (Å²) in [4.78, 5) is 17.0. The molecule has 1 saturated carbocycles. The molecule has 110 valence electrons. The lowest BCUT2D eigenvalue weighted by Crippen LogP contribution is -2.41. The number of fused-ring (bicyclic) bond motifs is 1. The first-order valence-electron chi connectivity index (χ1n) is 7.79. The van der Waals surface area contributed by atoms with Crippen molar-refractivity contribution in [2.45, 2.75) is 51.0 Å². The van der Waals surface area contributed by atoms with E-state index in [9.17, 15) is 4.79 Å². The van der Waals surface area contributed by atoms with E-state index in [1.807, 2.05) is 11.9 Å². The average molecular weight is 292 g/mol. The fourth-order valence-electron chi connectivity index (χ4n) is 3.72. The first-order valence-corrected chi connectivity index (χ1v) is 8.61. The predicted octanol–water partition coefficient (Wildman–Crippen LogP) is 2.83. The van der Waals surface area contributed by atoms with Crippen LogP contribution in [-0.4, -0.2) is 30.4 Å². The van der Waals surface area contributed by atoms with E-state index in [1.165, 1.54) is 36.1 Å². The number of carbonyl (C=O) groups is 1. The van der Waals surface area contributed by atoms with Gasteiger partial charge in [0.15, 0.2) is 0 Å². The second kappa shape index (κ2) is 5.86. The van der Waals surface area contributed by atoms with E-state index in [-0.39, 0.29) is 5.91 Å². The maximum atomic E-state index is 12.7. The maximum Gasteiger partial charge on any atom is 0.263 e. The molecule has 2 unspecified atom stereocenters. The zero-order valence-electron chi connectivity index (χ0n) is 12.2. The molecule has 0 aromatic carbocycles. The van der Waals surface area contributed by atoms with Crippen molar-refractivity contribution in [3.05, 3.63) is 21.4 Å². The lowest BCUT2D eigenvalue weighted by molar-refractivity contribution is 0.0705. The Morgan fingerprint density at radius 1 is 1.35 bits per heavy atom. The monoisotopic (exact) mass is 292 g/mol. The van der Waals surface area contributed by atoms with Crippen LogP contribution in [0, 0.1) is 5.92 Å². The van der Waals surface area contributed by atoms with Crippen LogP contribution in [0.4, 0.5) is 0 Å². The van der Waals surface area contributed by atoms with Crippen LogP contribution in [0.15, 0.2) is 6.07 Å². The summed E-state index contributed by atoms with van der Waals surface area (Å²) >= 11 is 1.72. The molecule has 0 saturated heterocycles. The van der Waals surface area contributed by atoms with E-state index in [2.05, 4.69) is 6.07 Å². The summed E-state index contributed by atoms with van der Waals surface area (Å²) in [5, 5.41) is 0. The molecular formula is C16H24N2OS. The topological polar surface area (TPSA) is 46.3 Å². The van der Waals surface area contributed by atoms with Crippen molar-refractivity contribution in [1.82, 2.24) is 4.90 Å². The smallest absolute Gasteiger partial charge is 0.263 e. The van der Waals surface area contributed by atoms with E-state index < -0.39 is 0 Å². The molecule has 0 aliphatic heterocycles. The molecule has 0 radical (unpaired) electrons. The minimum Gasteiger partial charge on any atom is -0.338 e. The van der Waals surface area contributed by atoms with Gasteiger partial charge in [-0.05, 0) is 62.6 Å². The fraction of sp³-hybridized carbons (Fsp3) is 0.688. The van der Waals surface area contributed by atoms with Crippen molar-refractivity contribution in [2.75, 3.05) is 13.6 Å². The van der Waals surface area contributed by atoms with Gasteiger partial charge in [0.25, 0.3) is 5.91 Å². The van der Waals surface area contributed by atoms with Crippen LogP contribution in [0.2, 0.25) is 0 Å². The Morgan fingerprint density at radius 3 is 2.90 bits per heavy atom. The third-order valence-corrected chi connectivity index (χ3v) is 6.17. The van der Waals surface area contributed by atoms with E-state index in [0.29, 0.717) is 18.5 Å². The third kappa shape index (κ3) is 2.51. The first kappa shape index (κ1) is 14.1. The van der Waals surface area contributed by atoms with Gasteiger partial charge in [-0.2, -0.15) is 0 Å². The standard InChI is InChI=1S/C16H24N2OS/c1-18(13-7-4-6-12(13)10-17)16(19)15-9-11-5-2-3-8-14(11)20-15/h9,12-13H,2-8,10,17H2,1H3. The molecule has 0 bridgehead atoms. The largest absolute Gasteiger partial charge is 0.338 e. The number of hydrogen-bond acceptors (Lipinski definition) is 3. The molecule has 1 fully saturated rings. The molecule has 2 N–H and O–H groups in total. The number of rotatable bonds is 3. The molecule has 2 aliphatic rings. The Balaban J connectivity index is 1.76. The Hall–Kier alpha value is -0.870. The molecule has 1 aromatic heterocycles. The van der Waals surface area contributed by atoms with Gasteiger partial charge in [0.05, 0.1) is 4.88 Å². The number of nitrogens with zero attached hydrogens (tertiary/aromatic N) is 1. The zero-order chi connectivity index (χ0) is 14.1. The quantitative estimate of drug-likeness (QED) is 0.931. The van der Waals surface area contributed by atoms with Gasteiger partial charge >= 0.3 is 0 Å². The normalized spacial score (nSPS) is 25.5. The van der Waals surface area contributed by atoms with Gasteiger partial charge in [0.1, 0.15) is 0 Å². The number of hydrogen-bond donors (Lipinski definition) is 1. The van der Waals surface area contributed by atoms with E-state index >= 15 is 0 Å². The first-order chi connectivity index (χ1) is 9.70. The van der Waals surface area contributed by atoms with Crippen LogP contribution in [0.5, 0.6) is 0 Å². The van der Waals surface area contributed by atoms with Crippen molar-refractivity contribution in [3.63, 3.8) is 0 Å². The van der Waals surface area contributed by atoms with Crippen molar-refractivity contribution in [2.24, 2.45) is 11.7 Å². The van der Waals surface area contributed by atoms with Crippen LogP contribution in [0.25, 0.3) is 0 Å². The van der Waals surface area contributed by atoms with Crippen LogP contribution in [-0.2, 0) is 12.8 Å². The Kier molecular flexibility index (Phi) is 4.13. The molecular weight excluding hydrogens is 268 g/mol. The average Bonchev–Trinajstić information content (AvgIpc) is 3.11. The van der Waals surface area contributed by atoms with Gasteiger partial charge in [-0.3, -0.25) is 4.79 Å². The second-order valence-corrected chi connectivity index (χ2v) is 7.31. The van der Waals surface area contributed by atoms with Crippen molar-refractivity contribution >= 4 is 17.2 Å². The molecule has 1 heterocycles. The molecule has 20 heavy (non-hydrogen) atoms. The van der Waals surface area contributed by atoms with E-state index in [1.54, 1.807) is 11.3 Å². The summed E-state index contributed by atoms with van der Waals surface area (Å²) in [5.74, 6) is 0.688. The van der Waals surface area contributed by atoms with Crippen LogP contribution < -0.4 is 5.73 Å². The summed E-state index contributed by atoms with van der Waals surface area (Å²) in [6.07, 6.45) is 8.32. The van der Waals surface area contributed by atoms with Crippen LogP contribution in [0.3, 0.4) is 0 Å². The van der Waals surface area contributed by atoms with E-state index in [4.69, 9.17) is 5.73 Å². The maximum absolute atomic E-state index is 12.7. The zero-order valence-corrected chi connectivity index (χ0v) is 13.0. The number of carbonyl (C=O) groups excluding carboxylic acids is 1. The minimum absolute atomic E-state index is 0.203. The Morgan fingerprint density at radius 2 is 2.15 bits per heavy atom. The van der Waals surface area contributed by atoms with Crippen molar-refractivity contribution in [3.8, 4) is 0 Å². The Bertz CT molecular complexity index is 473. The lowest BCUT2D eigenvalue weighted by atomic mass is 9.99. The highest BCUT2D eigenvalue weighted by Crippen LogP contribution is 2.33. The SMILES string of the molecule is CN(C(=O)c1cc2c(s1)CCCC2)C1CCCC1CN. The molecule has 4 heteroatoms. The van der Waals surface area contributed by atoms with Gasteiger partial charge in [0, 0.05) is 18.0 Å². The van der Waals surface area contributed by atoms with Crippen molar-refractivity contribution in [1.29, 1.82) is 0 Å². The highest BCUT2D eigenvalue weighted by molar-refractivity contribution is 7.14. The predicted molar refractivity (Wildman–Crippen MR) is 83.2 cm³/mol. The Labute approximate surface area is 125 Å². The van der Waals surface area contributed by atoms with Gasteiger partial charge in [-0.25, -0.2) is 0 Å². The number of nitrogens with two attached hydrogens (primary N) is 1. The van der Waals surface area contributed by atoms with Crippen molar-refractivity contribution < 1.29 is 4.79 Å². The summed E-state index contributed by atoms with van der Waals surface area (Å²) in [6.45, 7) is 0.698. The van der Waals surface area contributed by atoms with Crippen LogP contribution in [0.1, 0.15) is 52.2 Å². The third-order valence-electron chi connectivity index (χ3n) is 4.95. The van der Waals surface area contributed by atoms with E-state index in [0.717, 1.165) is 24.1 Å². The summed E-state index contributed by atoms with van der Waals surface area (Å²) in [6, 6.07) is 2.48. The molecule has 2 atom stereocenters. The number of aryl methyl sites for hydroxylation is 2. The lowest BCUT2D eigenvalue weighted by Gasteiger charge is -2.28. The molecule has 1 aromatic rings. The summed E-state index contributed by atoms with van der Waals surface area (Å²) in [7, 11) is 1.96. The minimum atomic E-state index is 0.203. The molecule has 1 amide bonds. The number of amides is 1. The number of thiophene rings is 1. The highest BCUT2D eigenvalue weighted by Gasteiger charge is 2.32. The highest BCUT2D eigenvalue weighted by atomic mass is 32.1. The summed E-state index contributed by atoms with van der Waals surface area (Å²) < 4.78 is 0. The van der Waals surface area contributed by atoms with Crippen LogP contribution >= 0.6 is 11.3 Å². The summed E-state index contributed by atoms with van der Waals surface area (Å²) in [5.41, 5.74) is 7.26. The molecule has 0 spiro atoms. The fourth-order valence-corrected chi connectivity index (χ4v) is 4.96. The van der Waals surface area contributed by atoms with Gasteiger partial charge in [-0.15, -0.1) is 11.3 Å². The van der Waals surface area contributed by atoms with Gasteiger partial charge in [0.2, 0.25) is 0 Å². The van der Waals surface area contributed by atoms with Gasteiger partial charge < -0.3 is 10.6 Å².